The second-order valence-electron chi connectivity index (χ2n) is 0. The Morgan fingerprint density at radius 2 is 0.455 bits per heavy atom. The Balaban J connectivity index is -0.000000000139. The van der Waals surface area contributed by atoms with Gasteiger partial charge < -0.3 is 38.3 Å². The maximum absolute atomic E-state index is 8.34. The molecule has 82 valence electrons. The standard InChI is InChI=1S/2ClH.7H2O.O.Zr/h2*1H;7*1H2;;. The fourth-order valence-corrected chi connectivity index (χ4v) is 0. The van der Waals surface area contributed by atoms with Gasteiger partial charge in [0.2, 0.25) is 0 Å². The van der Waals surface area contributed by atoms with Crippen LogP contribution in [0.3, 0.4) is 0 Å². The van der Waals surface area contributed by atoms with E-state index in [-0.39, 0.29) is 63.1 Å². The second-order valence-corrected chi connectivity index (χ2v) is 0. The van der Waals surface area contributed by atoms with Crippen LogP contribution in [0.2, 0.25) is 0 Å². The molecular weight excluding hydrogens is 290 g/mol. The van der Waals surface area contributed by atoms with Crippen LogP contribution < -0.4 is 0 Å². The molecule has 0 atom stereocenters. The first-order valence-electron chi connectivity index (χ1n) is 0.204. The third-order valence-electron chi connectivity index (χ3n) is 0. The molecule has 0 spiro atoms. The van der Waals surface area contributed by atoms with E-state index < -0.39 is 0 Å². The Morgan fingerprint density at radius 3 is 0.455 bits per heavy atom. The van der Waals surface area contributed by atoms with E-state index in [0.717, 1.165) is 0 Å². The van der Waals surface area contributed by atoms with Gasteiger partial charge in [0, 0.05) is 0 Å². The van der Waals surface area contributed by atoms with Crippen LogP contribution in [0.5, 0.6) is 0 Å². The van der Waals surface area contributed by atoms with E-state index in [2.05, 4.69) is 0 Å². The Morgan fingerprint density at radius 1 is 0.455 bits per heavy atom. The molecule has 0 aliphatic rings. The molecule has 0 aromatic carbocycles. The van der Waals surface area contributed by atoms with Gasteiger partial charge in [0.25, 0.3) is 0 Å². The van der Waals surface area contributed by atoms with Gasteiger partial charge in [0.05, 0.1) is 0 Å². The van der Waals surface area contributed by atoms with Crippen LogP contribution in [-0.4, -0.2) is 38.3 Å². The summed E-state index contributed by atoms with van der Waals surface area (Å²) < 4.78 is 8.34. The normalized spacial score (nSPS) is 0.273. The minimum atomic E-state index is 0. The average Bonchev–Trinajstić information content (AvgIpc) is 1.00. The molecule has 0 aliphatic heterocycles. The Bertz CT molecular complexity index is 12.1. The first-order valence-corrected chi connectivity index (χ1v) is 1.21. The first-order chi connectivity index (χ1) is 1.00. The molecule has 0 bridgehead atoms. The van der Waals surface area contributed by atoms with Crippen molar-refractivity contribution in [2.75, 3.05) is 0 Å². The van der Waals surface area contributed by atoms with Gasteiger partial charge in [-0.3, -0.25) is 0 Å². The SMILES string of the molecule is Cl.Cl.O.O.O.O.O.O.O.[O]=[Zr]. The van der Waals surface area contributed by atoms with Crippen molar-refractivity contribution < 1.29 is 65.9 Å². The molecule has 11 heteroatoms. The van der Waals surface area contributed by atoms with Gasteiger partial charge in [0.1, 0.15) is 0 Å². The van der Waals surface area contributed by atoms with Crippen LogP contribution in [0.15, 0.2) is 0 Å². The molecule has 0 unspecified atom stereocenters. The average molecular weight is 306 g/mol. The predicted molar refractivity (Wildman–Crippen MR) is 40.5 cm³/mol. The van der Waals surface area contributed by atoms with Gasteiger partial charge >= 0.3 is 27.5 Å². The van der Waals surface area contributed by atoms with Crippen molar-refractivity contribution in [3.8, 4) is 0 Å². The number of hydrogen-bond donors (Lipinski definition) is 0. The van der Waals surface area contributed by atoms with Crippen LogP contribution in [0.1, 0.15) is 0 Å². The van der Waals surface area contributed by atoms with E-state index in [4.69, 9.17) is 2.81 Å². The molecular formula is H16Cl2O8Zr. The monoisotopic (exact) mass is 304 g/mol. The molecule has 11 heavy (non-hydrogen) atoms. The number of hydrogen-bond acceptors (Lipinski definition) is 1. The van der Waals surface area contributed by atoms with Gasteiger partial charge in [-0.2, -0.15) is 0 Å². The van der Waals surface area contributed by atoms with Crippen molar-refractivity contribution in [1.29, 1.82) is 0 Å². The van der Waals surface area contributed by atoms with Crippen LogP contribution in [-0.2, 0) is 27.5 Å². The van der Waals surface area contributed by atoms with Crippen molar-refractivity contribution in [3.05, 3.63) is 0 Å². The summed E-state index contributed by atoms with van der Waals surface area (Å²) in [4.78, 5) is 0. The topological polar surface area (TPSA) is 238 Å². The molecule has 0 amide bonds. The third-order valence-corrected chi connectivity index (χ3v) is 0. The van der Waals surface area contributed by atoms with Crippen molar-refractivity contribution >= 4 is 24.8 Å². The summed E-state index contributed by atoms with van der Waals surface area (Å²) in [6.45, 7) is 0. The van der Waals surface area contributed by atoms with Crippen LogP contribution in [0.4, 0.5) is 0 Å². The van der Waals surface area contributed by atoms with Crippen molar-refractivity contribution in [3.63, 3.8) is 0 Å². The summed E-state index contributed by atoms with van der Waals surface area (Å²) in [5.41, 5.74) is 0. The zero-order valence-corrected chi connectivity index (χ0v) is 9.32. The molecule has 0 radical (unpaired) electrons. The Labute approximate surface area is 90.6 Å². The van der Waals surface area contributed by atoms with Gasteiger partial charge in [0.15, 0.2) is 0 Å². The first kappa shape index (κ1) is 368. The summed E-state index contributed by atoms with van der Waals surface area (Å²) in [6, 6.07) is 0. The summed E-state index contributed by atoms with van der Waals surface area (Å²) >= 11 is 0.300. The quantitative estimate of drug-likeness (QED) is 0.419. The van der Waals surface area contributed by atoms with Crippen molar-refractivity contribution in [2.24, 2.45) is 0 Å². The predicted octanol–water partition coefficient (Wildman–Crippen LogP) is -5.05. The summed E-state index contributed by atoms with van der Waals surface area (Å²) in [5, 5.41) is 0. The fourth-order valence-electron chi connectivity index (χ4n) is 0. The fraction of sp³-hybridized carbons (Fsp3) is 0. The minimum absolute atomic E-state index is 0. The molecule has 0 aliphatic carbocycles. The maximum atomic E-state index is 8.34. The number of rotatable bonds is 0. The van der Waals surface area contributed by atoms with E-state index in [1.807, 2.05) is 0 Å². The molecule has 14 N–H and O–H groups in total. The zero-order valence-electron chi connectivity index (χ0n) is 5.22. The molecule has 0 heterocycles. The van der Waals surface area contributed by atoms with Gasteiger partial charge in [-0.05, 0) is 0 Å². The summed E-state index contributed by atoms with van der Waals surface area (Å²) in [7, 11) is 0. The van der Waals surface area contributed by atoms with Crippen molar-refractivity contribution in [2.45, 2.75) is 0 Å². The number of halogens is 2. The molecule has 0 aromatic heterocycles. The van der Waals surface area contributed by atoms with Crippen LogP contribution in [0.25, 0.3) is 0 Å². The molecule has 0 rings (SSSR count). The van der Waals surface area contributed by atoms with Crippen LogP contribution in [0, 0.1) is 0 Å². The molecule has 0 saturated heterocycles. The Kier molecular flexibility index (Phi) is 37800. The summed E-state index contributed by atoms with van der Waals surface area (Å²) in [6.07, 6.45) is 0. The zero-order chi connectivity index (χ0) is 2.00. The van der Waals surface area contributed by atoms with Gasteiger partial charge in [-0.1, -0.05) is 0 Å². The molecule has 0 aromatic rings. The van der Waals surface area contributed by atoms with E-state index in [1.165, 1.54) is 0 Å². The molecule has 0 fully saturated rings. The molecule has 0 saturated carbocycles. The third kappa shape index (κ3) is 917. The van der Waals surface area contributed by atoms with E-state index >= 15 is 0 Å². The van der Waals surface area contributed by atoms with Gasteiger partial charge in [-0.25, -0.2) is 0 Å². The van der Waals surface area contributed by atoms with Gasteiger partial charge in [-0.15, -0.1) is 24.8 Å². The van der Waals surface area contributed by atoms with Crippen LogP contribution >= 0.6 is 24.8 Å². The van der Waals surface area contributed by atoms with E-state index in [0.29, 0.717) is 24.7 Å². The van der Waals surface area contributed by atoms with Crippen molar-refractivity contribution in [1.82, 2.24) is 0 Å². The Hall–Kier alpha value is 0.983. The van der Waals surface area contributed by atoms with E-state index in [9.17, 15) is 0 Å². The molecule has 8 nitrogen and oxygen atoms in total. The second kappa shape index (κ2) is 1130. The van der Waals surface area contributed by atoms with E-state index in [1.54, 1.807) is 0 Å². The summed E-state index contributed by atoms with van der Waals surface area (Å²) in [5.74, 6) is 0.